The van der Waals surface area contributed by atoms with E-state index in [0.29, 0.717) is 12.1 Å². The van der Waals surface area contributed by atoms with E-state index in [1.165, 1.54) is 7.05 Å². The molecular weight excluding hydrogens is 376 g/mol. The Labute approximate surface area is 164 Å². The van der Waals surface area contributed by atoms with E-state index in [9.17, 15) is 13.2 Å². The maximum Gasteiger partial charge on any atom is 0.240 e. The van der Waals surface area contributed by atoms with E-state index in [4.69, 9.17) is 0 Å². The summed E-state index contributed by atoms with van der Waals surface area (Å²) in [6.07, 6.45) is 0.749. The normalized spacial score (nSPS) is 11.6. The molecule has 0 spiro atoms. The zero-order chi connectivity index (χ0) is 20.1. The van der Waals surface area contributed by atoms with E-state index in [1.807, 2.05) is 47.9 Å². The Balaban J connectivity index is 1.62. The summed E-state index contributed by atoms with van der Waals surface area (Å²) in [4.78, 5) is 17.0. The molecule has 0 saturated heterocycles. The summed E-state index contributed by atoms with van der Waals surface area (Å²) in [5.74, 6) is 0.718. The number of hydrogen-bond acceptors (Lipinski definition) is 4. The van der Waals surface area contributed by atoms with Crippen molar-refractivity contribution in [2.24, 2.45) is 0 Å². The molecule has 0 aliphatic carbocycles. The monoisotopic (exact) mass is 400 g/mol. The molecule has 3 aromatic rings. The quantitative estimate of drug-likeness (QED) is 0.605. The molecule has 0 bridgehead atoms. The largest absolute Gasteiger partial charge is 0.350 e. The van der Waals surface area contributed by atoms with Crippen LogP contribution in [-0.2, 0) is 40.1 Å². The molecule has 3 rings (SSSR count). The number of aromatic nitrogens is 2. The van der Waals surface area contributed by atoms with Crippen molar-refractivity contribution in [3.05, 3.63) is 65.5 Å². The van der Waals surface area contributed by atoms with Crippen LogP contribution >= 0.6 is 0 Å². The lowest BCUT2D eigenvalue weighted by molar-refractivity contribution is -0.121. The van der Waals surface area contributed by atoms with E-state index >= 15 is 0 Å². The second-order valence-corrected chi connectivity index (χ2v) is 8.44. The van der Waals surface area contributed by atoms with Gasteiger partial charge in [0.25, 0.3) is 0 Å². The first-order valence-corrected chi connectivity index (χ1v) is 10.8. The summed E-state index contributed by atoms with van der Waals surface area (Å²) in [6.45, 7) is 2.61. The fourth-order valence-electron chi connectivity index (χ4n) is 3.02. The molecule has 2 aromatic carbocycles. The molecule has 0 atom stereocenters. The number of hydrogen-bond donors (Lipinski definition) is 2. The van der Waals surface area contributed by atoms with Crippen LogP contribution in [0.4, 0.5) is 0 Å². The number of amides is 1. The maximum atomic E-state index is 12.4. The van der Waals surface area contributed by atoms with Crippen LogP contribution in [0.2, 0.25) is 0 Å². The molecule has 0 unspecified atom stereocenters. The smallest absolute Gasteiger partial charge is 0.240 e. The fraction of sp³-hybridized carbons (Fsp3) is 0.300. The van der Waals surface area contributed by atoms with Crippen LogP contribution in [0.1, 0.15) is 23.9 Å². The van der Waals surface area contributed by atoms with Crippen LogP contribution in [0.25, 0.3) is 11.0 Å². The number of nitrogens with one attached hydrogen (secondary N) is 2. The summed E-state index contributed by atoms with van der Waals surface area (Å²) in [6, 6.07) is 14.9. The zero-order valence-electron chi connectivity index (χ0n) is 16.0. The minimum Gasteiger partial charge on any atom is -0.350 e. The van der Waals surface area contributed by atoms with E-state index < -0.39 is 10.0 Å². The summed E-state index contributed by atoms with van der Waals surface area (Å²) < 4.78 is 27.4. The molecule has 7 nitrogen and oxygen atoms in total. The van der Waals surface area contributed by atoms with Crippen molar-refractivity contribution in [3.63, 3.8) is 0 Å². The molecule has 0 aliphatic heterocycles. The van der Waals surface area contributed by atoms with Gasteiger partial charge in [0, 0.05) is 13.0 Å². The lowest BCUT2D eigenvalue weighted by atomic mass is 10.1. The van der Waals surface area contributed by atoms with E-state index in [0.717, 1.165) is 28.8 Å². The van der Waals surface area contributed by atoms with Crippen molar-refractivity contribution in [2.75, 3.05) is 7.05 Å². The van der Waals surface area contributed by atoms with Crippen LogP contribution in [0, 0.1) is 0 Å². The highest BCUT2D eigenvalue weighted by Gasteiger charge is 2.12. The third-order valence-electron chi connectivity index (χ3n) is 4.53. The first kappa shape index (κ1) is 20.0. The Hall–Kier alpha value is -2.71. The Morgan fingerprint density at radius 2 is 1.75 bits per heavy atom. The number of aryl methyl sites for hydroxylation is 1. The number of fused-ring (bicyclic) bond motifs is 1. The van der Waals surface area contributed by atoms with Crippen molar-refractivity contribution in [2.45, 2.75) is 32.2 Å². The number of carbonyl (C=O) groups excluding carboxylic acids is 1. The van der Waals surface area contributed by atoms with E-state index in [-0.39, 0.29) is 18.2 Å². The van der Waals surface area contributed by atoms with Gasteiger partial charge in [0.2, 0.25) is 15.9 Å². The van der Waals surface area contributed by atoms with E-state index in [1.54, 1.807) is 12.1 Å². The van der Waals surface area contributed by atoms with Gasteiger partial charge < -0.3 is 9.88 Å². The summed E-state index contributed by atoms with van der Waals surface area (Å²) >= 11 is 0. The van der Waals surface area contributed by atoms with Crippen molar-refractivity contribution < 1.29 is 13.2 Å². The topological polar surface area (TPSA) is 93.1 Å². The van der Waals surface area contributed by atoms with Gasteiger partial charge in [0.15, 0.2) is 0 Å². The van der Waals surface area contributed by atoms with Gasteiger partial charge in [0.05, 0.1) is 16.8 Å². The number of sulfonamides is 1. The SMILES string of the molecule is CCc1nc2ccccc2n1CC(=O)NCc1ccc(CS(=O)(=O)NC)cc1. The van der Waals surface area contributed by atoms with Crippen LogP contribution < -0.4 is 10.0 Å². The van der Waals surface area contributed by atoms with Crippen LogP contribution in [0.3, 0.4) is 0 Å². The molecule has 0 saturated carbocycles. The molecule has 0 fully saturated rings. The number of benzene rings is 2. The number of rotatable bonds is 8. The first-order valence-electron chi connectivity index (χ1n) is 9.11. The van der Waals surface area contributed by atoms with Gasteiger partial charge >= 0.3 is 0 Å². The average molecular weight is 401 g/mol. The van der Waals surface area contributed by atoms with Gasteiger partial charge in [-0.05, 0) is 30.3 Å². The van der Waals surface area contributed by atoms with Gasteiger partial charge in [-0.15, -0.1) is 0 Å². The second-order valence-electron chi connectivity index (χ2n) is 6.51. The van der Waals surface area contributed by atoms with Crippen molar-refractivity contribution in [1.82, 2.24) is 19.6 Å². The van der Waals surface area contributed by atoms with Gasteiger partial charge in [-0.3, -0.25) is 4.79 Å². The van der Waals surface area contributed by atoms with Gasteiger partial charge in [0.1, 0.15) is 12.4 Å². The standard InChI is InChI=1S/C20H24N4O3S/c1-3-19-23-17-6-4-5-7-18(17)24(19)13-20(25)22-12-15-8-10-16(11-9-15)14-28(26,27)21-2/h4-11,21H,3,12-14H2,1-2H3,(H,22,25). The van der Waals surface area contributed by atoms with Crippen molar-refractivity contribution >= 4 is 27.0 Å². The summed E-state index contributed by atoms with van der Waals surface area (Å²) in [5.41, 5.74) is 3.44. The average Bonchev–Trinajstić information content (AvgIpc) is 3.05. The minimum absolute atomic E-state index is 0.0658. The number of nitrogens with zero attached hydrogens (tertiary/aromatic N) is 2. The Morgan fingerprint density at radius 3 is 2.43 bits per heavy atom. The second kappa shape index (κ2) is 8.53. The van der Waals surface area contributed by atoms with Gasteiger partial charge in [-0.2, -0.15) is 0 Å². The lowest BCUT2D eigenvalue weighted by Gasteiger charge is -2.10. The maximum absolute atomic E-state index is 12.4. The molecular formula is C20H24N4O3S. The molecule has 1 aromatic heterocycles. The fourth-order valence-corrected chi connectivity index (χ4v) is 3.79. The third kappa shape index (κ3) is 4.76. The van der Waals surface area contributed by atoms with Crippen LogP contribution in [-0.4, -0.2) is 30.9 Å². The van der Waals surface area contributed by atoms with E-state index in [2.05, 4.69) is 15.0 Å². The molecule has 28 heavy (non-hydrogen) atoms. The molecule has 148 valence electrons. The van der Waals surface area contributed by atoms with Crippen molar-refractivity contribution in [3.8, 4) is 0 Å². The third-order valence-corrected chi connectivity index (χ3v) is 5.87. The number of carbonyl (C=O) groups is 1. The van der Waals surface area contributed by atoms with Gasteiger partial charge in [-0.25, -0.2) is 18.1 Å². The van der Waals surface area contributed by atoms with Gasteiger partial charge in [-0.1, -0.05) is 43.3 Å². The summed E-state index contributed by atoms with van der Waals surface area (Å²) in [7, 11) is -1.90. The Kier molecular flexibility index (Phi) is 6.11. The molecule has 1 heterocycles. The summed E-state index contributed by atoms with van der Waals surface area (Å²) in [5, 5.41) is 2.91. The Morgan fingerprint density at radius 1 is 1.07 bits per heavy atom. The van der Waals surface area contributed by atoms with Crippen LogP contribution in [0.15, 0.2) is 48.5 Å². The number of para-hydroxylation sites is 2. The first-order chi connectivity index (χ1) is 13.4. The molecule has 0 radical (unpaired) electrons. The highest BCUT2D eigenvalue weighted by molar-refractivity contribution is 7.88. The minimum atomic E-state index is -3.29. The molecule has 8 heteroatoms. The molecule has 2 N–H and O–H groups in total. The number of imidazole rings is 1. The Bertz CT molecular complexity index is 1070. The van der Waals surface area contributed by atoms with Crippen LogP contribution in [0.5, 0.6) is 0 Å². The van der Waals surface area contributed by atoms with Crippen molar-refractivity contribution in [1.29, 1.82) is 0 Å². The lowest BCUT2D eigenvalue weighted by Crippen LogP contribution is -2.27. The predicted molar refractivity (Wildman–Crippen MR) is 109 cm³/mol. The highest BCUT2D eigenvalue weighted by Crippen LogP contribution is 2.16. The predicted octanol–water partition coefficient (Wildman–Crippen LogP) is 1.96. The highest BCUT2D eigenvalue weighted by atomic mass is 32.2. The molecule has 1 amide bonds. The zero-order valence-corrected chi connectivity index (χ0v) is 16.8. The molecule has 0 aliphatic rings.